The highest BCUT2D eigenvalue weighted by atomic mass is 28.3. The minimum atomic E-state index is -1.45. The van der Waals surface area contributed by atoms with Gasteiger partial charge in [-0.1, -0.05) is 311 Å². The molecule has 0 atom stereocenters. The molecule has 0 N–H and O–H groups in total. The third-order valence-electron chi connectivity index (χ3n) is 25.1. The minimum absolute atomic E-state index is 0.880. The summed E-state index contributed by atoms with van der Waals surface area (Å²) in [7, 11) is -2.88. The van der Waals surface area contributed by atoms with E-state index < -0.39 is 16.1 Å². The summed E-state index contributed by atoms with van der Waals surface area (Å²) in [5.74, 6) is 0. The van der Waals surface area contributed by atoms with Gasteiger partial charge in [0.25, 0.3) is 0 Å². The van der Waals surface area contributed by atoms with E-state index in [1.54, 1.807) is 0 Å². The van der Waals surface area contributed by atoms with E-state index in [0.717, 1.165) is 118 Å². The third kappa shape index (κ3) is 13.3. The summed E-state index contributed by atoms with van der Waals surface area (Å²) in [5, 5.41) is 27.2. The lowest BCUT2D eigenvalue weighted by molar-refractivity contribution is 0.668. The fourth-order valence-electron chi connectivity index (χ4n) is 19.0. The van der Waals surface area contributed by atoms with Crippen LogP contribution in [0.4, 0.5) is 68.2 Å². The Balaban J connectivity index is 0.000000148. The Hall–Kier alpha value is -15.1. The number of para-hydroxylation sites is 6. The Labute approximate surface area is 723 Å². The van der Waals surface area contributed by atoms with Crippen molar-refractivity contribution >= 4 is 225 Å². The highest BCUT2D eigenvalue weighted by Crippen LogP contribution is 2.50. The van der Waals surface area contributed by atoms with Gasteiger partial charge in [-0.2, -0.15) is 0 Å². The number of fused-ring (bicyclic) bond motifs is 22. The molecule has 0 aliphatic rings. The number of hydrogen-bond donors (Lipinski definition) is 0. The number of benzene rings is 21. The van der Waals surface area contributed by atoms with Crippen molar-refractivity contribution in [3.63, 3.8) is 0 Å². The van der Waals surface area contributed by atoms with E-state index in [2.05, 4.69) is 459 Å². The molecule has 6 nitrogen and oxygen atoms in total. The summed E-state index contributed by atoms with van der Waals surface area (Å²) < 4.78 is 12.6. The van der Waals surface area contributed by atoms with Crippen molar-refractivity contribution in [2.45, 2.75) is 39.3 Å². The summed E-state index contributed by atoms with van der Waals surface area (Å²) in [6.07, 6.45) is 0. The van der Waals surface area contributed by atoms with E-state index in [1.165, 1.54) is 102 Å². The monoisotopic (exact) mass is 1620 g/mol. The van der Waals surface area contributed by atoms with Crippen LogP contribution in [0.3, 0.4) is 0 Å². The van der Waals surface area contributed by atoms with E-state index in [0.29, 0.717) is 0 Å². The van der Waals surface area contributed by atoms with Gasteiger partial charge in [0.05, 0.1) is 21.8 Å². The number of anilines is 12. The topological polar surface area (TPSA) is 39.2 Å². The predicted octanol–water partition coefficient (Wildman–Crippen LogP) is 33.0. The fourth-order valence-corrected chi connectivity index (χ4v) is 21.4. The van der Waals surface area contributed by atoms with Crippen molar-refractivity contribution in [2.24, 2.45) is 0 Å². The second-order valence-corrected chi connectivity index (χ2v) is 44.9. The molecule has 0 fully saturated rings. The summed E-state index contributed by atoms with van der Waals surface area (Å²) in [6.45, 7) is 14.4. The molecule has 0 saturated carbocycles. The minimum Gasteiger partial charge on any atom is -0.456 e. The molecule has 23 rings (SSSR count). The second-order valence-electron chi connectivity index (χ2n) is 34.7. The highest BCUT2D eigenvalue weighted by molar-refractivity contribution is 6.89. The van der Waals surface area contributed by atoms with Gasteiger partial charge in [-0.15, -0.1) is 0 Å². The Morgan fingerprint density at radius 1 is 0.177 bits per heavy atom. The molecule has 0 unspecified atom stereocenters. The van der Waals surface area contributed by atoms with Gasteiger partial charge in [0.2, 0.25) is 0 Å². The molecule has 0 spiro atoms. The van der Waals surface area contributed by atoms with Gasteiger partial charge in [-0.05, 0) is 256 Å². The van der Waals surface area contributed by atoms with Crippen molar-refractivity contribution in [1.29, 1.82) is 0 Å². The number of furan rings is 2. The Morgan fingerprint density at radius 3 is 0.871 bits per heavy atom. The molecule has 8 heteroatoms. The Kier molecular flexibility index (Phi) is 18.5. The van der Waals surface area contributed by atoms with Crippen molar-refractivity contribution in [1.82, 2.24) is 0 Å². The molecule has 23 aromatic rings. The molecule has 0 radical (unpaired) electrons. The Bertz CT molecular complexity index is 8040. The smallest absolute Gasteiger partial charge is 0.135 e. The van der Waals surface area contributed by atoms with Crippen molar-refractivity contribution < 1.29 is 8.83 Å². The van der Waals surface area contributed by atoms with Crippen molar-refractivity contribution in [3.05, 3.63) is 425 Å². The first kappa shape index (κ1) is 75.2. The normalized spacial score (nSPS) is 12.0. The first-order chi connectivity index (χ1) is 60.8. The molecule has 592 valence electrons. The molecule has 0 aliphatic carbocycles. The lowest BCUT2D eigenvalue weighted by Gasteiger charge is -2.28. The summed E-state index contributed by atoms with van der Waals surface area (Å²) in [5.41, 5.74) is 19.3. The number of rotatable bonds is 15. The molecular weight excluding hydrogens is 1540 g/mol. The largest absolute Gasteiger partial charge is 0.456 e. The van der Waals surface area contributed by atoms with Crippen LogP contribution in [0.15, 0.2) is 433 Å². The van der Waals surface area contributed by atoms with Crippen LogP contribution in [0.5, 0.6) is 0 Å². The van der Waals surface area contributed by atoms with Crippen LogP contribution in [0.1, 0.15) is 0 Å². The standard InChI is InChI=1S/C61H46N2OSi.C55H42N2OSi/c1-65(2,3)48-32-27-44(28-33-48)62(43-18-8-5-9-19-43)45-29-35-50-42(38-45)26-34-55-52-36-30-46(39-56(52)51-21-10-11-23-54(51)61(50)55)63(58-24-14-12-20-49(58)41-16-6-4-7-17-41)47-31-37-60-57(40-47)53-22-13-15-25-59(53)64-60;1-59(2,3)44-28-23-40(24-29-44)56(38-14-6-4-7-15-38)41-25-31-45-37(34-41)22-30-50-47-32-26-42(35-51(47)46-18-10-11-20-49(46)55(45)50)57(39-16-8-5-9-17-39)43-27-33-54-52(36-43)48-19-12-13-21-53(48)58-54/h4-40H,1-3H3;4-36H,1-3H3. The highest BCUT2D eigenvalue weighted by Gasteiger charge is 2.26. The number of hydrogen-bond acceptors (Lipinski definition) is 6. The van der Waals surface area contributed by atoms with Gasteiger partial charge in [-0.3, -0.25) is 0 Å². The molecule has 0 saturated heterocycles. The second kappa shape index (κ2) is 30.6. The van der Waals surface area contributed by atoms with Crippen LogP contribution in [0.25, 0.3) is 141 Å². The van der Waals surface area contributed by atoms with Gasteiger partial charge in [0.1, 0.15) is 22.3 Å². The van der Waals surface area contributed by atoms with E-state index in [9.17, 15) is 0 Å². The van der Waals surface area contributed by atoms with Gasteiger partial charge in [0.15, 0.2) is 0 Å². The maximum Gasteiger partial charge on any atom is 0.135 e. The molecular formula is C116H88N4O2Si2. The maximum absolute atomic E-state index is 6.32. The lowest BCUT2D eigenvalue weighted by atomic mass is 9.90. The molecule has 21 aromatic carbocycles. The van der Waals surface area contributed by atoms with Crippen molar-refractivity contribution in [3.8, 4) is 11.1 Å². The van der Waals surface area contributed by atoms with E-state index >= 15 is 0 Å². The maximum atomic E-state index is 6.32. The zero-order valence-electron chi connectivity index (χ0n) is 70.0. The Morgan fingerprint density at radius 2 is 0.452 bits per heavy atom. The predicted molar refractivity (Wildman–Crippen MR) is 538 cm³/mol. The molecule has 2 aromatic heterocycles. The van der Waals surface area contributed by atoms with Crippen LogP contribution in [0.2, 0.25) is 39.3 Å². The molecule has 0 bridgehead atoms. The zero-order chi connectivity index (χ0) is 83.3. The van der Waals surface area contributed by atoms with Crippen molar-refractivity contribution in [2.75, 3.05) is 19.6 Å². The first-order valence-corrected chi connectivity index (χ1v) is 49.9. The SMILES string of the molecule is C[Si](C)(C)c1ccc(N(c2ccccc2)c2ccc3c(ccc4c5ccc(N(c6ccc7oc8ccccc8c7c6)c6ccccc6-c6ccccc6)cc5c5ccccc5c34)c2)cc1.C[Si](C)(C)c1ccc(N(c2ccccc2)c2ccc3c(ccc4c5ccc(N(c6ccccc6)c6ccc7oc8ccccc8c7c6)cc5c5ccccc5c34)c2)cc1. The summed E-state index contributed by atoms with van der Waals surface area (Å²) in [4.78, 5) is 9.54. The fraction of sp³-hybridized carbons (Fsp3) is 0.0517. The van der Waals surface area contributed by atoms with Gasteiger partial charge in [0, 0.05) is 89.7 Å². The molecule has 0 aliphatic heterocycles. The van der Waals surface area contributed by atoms with Crippen LogP contribution >= 0.6 is 0 Å². The van der Waals surface area contributed by atoms with E-state index in [-0.39, 0.29) is 0 Å². The third-order valence-corrected chi connectivity index (χ3v) is 29.2. The quantitative estimate of drug-likeness (QED) is 0.0752. The van der Waals surface area contributed by atoms with Crippen LogP contribution in [-0.4, -0.2) is 16.1 Å². The van der Waals surface area contributed by atoms with E-state index in [4.69, 9.17) is 8.83 Å². The zero-order valence-corrected chi connectivity index (χ0v) is 72.0. The first-order valence-electron chi connectivity index (χ1n) is 42.9. The molecule has 2 heterocycles. The van der Waals surface area contributed by atoms with Crippen LogP contribution in [-0.2, 0) is 0 Å². The van der Waals surface area contributed by atoms with Crippen LogP contribution < -0.4 is 30.0 Å². The van der Waals surface area contributed by atoms with E-state index in [1.807, 2.05) is 24.3 Å². The average Bonchev–Trinajstić information content (AvgIpc) is 0.892. The summed E-state index contributed by atoms with van der Waals surface area (Å²) >= 11 is 0. The molecule has 0 amide bonds. The lowest BCUT2D eigenvalue weighted by Crippen LogP contribution is -2.37. The average molecular weight is 1630 g/mol. The van der Waals surface area contributed by atoms with Crippen LogP contribution in [0, 0.1) is 0 Å². The van der Waals surface area contributed by atoms with Gasteiger partial charge >= 0.3 is 0 Å². The molecule has 124 heavy (non-hydrogen) atoms. The summed E-state index contributed by atoms with van der Waals surface area (Å²) in [6, 6.07) is 155. The van der Waals surface area contributed by atoms with Gasteiger partial charge < -0.3 is 28.4 Å². The van der Waals surface area contributed by atoms with Gasteiger partial charge in [-0.25, -0.2) is 0 Å². The number of nitrogens with zero attached hydrogens (tertiary/aromatic N) is 4.